The van der Waals surface area contributed by atoms with E-state index in [9.17, 15) is 19.2 Å². The third kappa shape index (κ3) is 2.61. The molecule has 1 saturated heterocycles. The largest absolute Gasteiger partial charge is 0.459 e. The van der Waals surface area contributed by atoms with Crippen LogP contribution in [-0.2, 0) is 23.9 Å². The molecule has 6 aliphatic carbocycles. The Balaban J connectivity index is 1.39. The molecule has 8 rings (SSSR count). The number of esters is 2. The van der Waals surface area contributed by atoms with Crippen molar-refractivity contribution in [2.45, 2.75) is 57.8 Å². The number of nitrogens with zero attached hydrogens (tertiary/aromatic N) is 1. The van der Waals surface area contributed by atoms with Gasteiger partial charge in [-0.15, -0.1) is 0 Å². The summed E-state index contributed by atoms with van der Waals surface area (Å²) in [7, 11) is 2.05. The monoisotopic (exact) mass is 503 g/mol. The summed E-state index contributed by atoms with van der Waals surface area (Å²) in [6.07, 6.45) is 0.801. The molecule has 1 aromatic carbocycles. The van der Waals surface area contributed by atoms with Gasteiger partial charge in [0, 0.05) is 54.5 Å². The van der Waals surface area contributed by atoms with Gasteiger partial charge in [-0.3, -0.25) is 14.4 Å². The maximum atomic E-state index is 14.2. The fourth-order valence-electron chi connectivity index (χ4n) is 10.8. The maximum Gasteiger partial charge on any atom is 0.338 e. The molecule has 2 unspecified atom stereocenters. The van der Waals surface area contributed by atoms with Gasteiger partial charge < -0.3 is 14.4 Å². The molecular weight excluding hydrogens is 470 g/mol. The lowest BCUT2D eigenvalue weighted by Gasteiger charge is -2.68. The van der Waals surface area contributed by atoms with Crippen molar-refractivity contribution in [3.63, 3.8) is 0 Å². The molecule has 37 heavy (non-hydrogen) atoms. The smallest absolute Gasteiger partial charge is 0.338 e. The molecule has 0 amide bonds. The molecule has 7 fully saturated rings. The average molecular weight is 504 g/mol. The molecule has 7 aliphatic rings. The van der Waals surface area contributed by atoms with Gasteiger partial charge in [-0.25, -0.2) is 4.79 Å². The Kier molecular flexibility index (Phi) is 4.53. The van der Waals surface area contributed by atoms with Crippen LogP contribution in [0.2, 0.25) is 0 Å². The Morgan fingerprint density at radius 3 is 2.54 bits per heavy atom. The van der Waals surface area contributed by atoms with Crippen LogP contribution in [0.25, 0.3) is 0 Å². The van der Waals surface area contributed by atoms with Gasteiger partial charge in [-0.05, 0) is 49.8 Å². The number of hydrogen-bond acceptors (Lipinski definition) is 7. The van der Waals surface area contributed by atoms with Crippen molar-refractivity contribution in [3.05, 3.63) is 48.0 Å². The molecule has 6 bridgehead atoms. The van der Waals surface area contributed by atoms with E-state index >= 15 is 0 Å². The van der Waals surface area contributed by atoms with Crippen molar-refractivity contribution in [2.24, 2.45) is 39.9 Å². The van der Waals surface area contributed by atoms with Crippen LogP contribution in [0, 0.1) is 39.9 Å². The summed E-state index contributed by atoms with van der Waals surface area (Å²) >= 11 is 0. The molecule has 1 aromatic rings. The summed E-state index contributed by atoms with van der Waals surface area (Å²) < 4.78 is 12.2. The number of ether oxygens (including phenoxy) is 2. The van der Waals surface area contributed by atoms with Gasteiger partial charge in [0.2, 0.25) is 0 Å². The van der Waals surface area contributed by atoms with E-state index in [-0.39, 0.29) is 41.3 Å². The summed E-state index contributed by atoms with van der Waals surface area (Å²) in [6, 6.07) is 8.70. The Labute approximate surface area is 216 Å². The number of allylic oxidation sites excluding steroid dienone is 1. The van der Waals surface area contributed by atoms with Crippen molar-refractivity contribution in [1.82, 2.24) is 4.90 Å². The quantitative estimate of drug-likeness (QED) is 0.462. The Hall–Kier alpha value is -2.80. The Morgan fingerprint density at radius 2 is 1.84 bits per heavy atom. The first kappa shape index (κ1) is 23.3. The van der Waals surface area contributed by atoms with Crippen LogP contribution in [0.1, 0.15) is 49.9 Å². The van der Waals surface area contributed by atoms with Crippen molar-refractivity contribution in [2.75, 3.05) is 13.6 Å². The third-order valence-electron chi connectivity index (χ3n) is 11.2. The number of fused-ring (bicyclic) bond motifs is 1. The van der Waals surface area contributed by atoms with Crippen molar-refractivity contribution < 1.29 is 28.7 Å². The molecule has 194 valence electrons. The highest BCUT2D eigenvalue weighted by Gasteiger charge is 2.85. The minimum atomic E-state index is -0.774. The van der Waals surface area contributed by atoms with Crippen LogP contribution in [0.5, 0.6) is 0 Å². The van der Waals surface area contributed by atoms with Crippen LogP contribution < -0.4 is 0 Å². The highest BCUT2D eigenvalue weighted by atomic mass is 16.6. The second-order valence-electron chi connectivity index (χ2n) is 12.9. The zero-order valence-electron chi connectivity index (χ0n) is 21.6. The molecule has 7 nitrogen and oxygen atoms in total. The highest BCUT2D eigenvalue weighted by molar-refractivity contribution is 5.96. The van der Waals surface area contributed by atoms with E-state index in [0.29, 0.717) is 24.9 Å². The summed E-state index contributed by atoms with van der Waals surface area (Å²) in [5.41, 5.74) is -0.255. The molecule has 10 atom stereocenters. The van der Waals surface area contributed by atoms with Crippen molar-refractivity contribution >= 4 is 23.5 Å². The van der Waals surface area contributed by atoms with E-state index in [1.807, 2.05) is 13.0 Å². The molecule has 6 saturated carbocycles. The topological polar surface area (TPSA) is 90.0 Å². The lowest BCUT2D eigenvalue weighted by molar-refractivity contribution is -0.245. The number of benzene rings is 1. The van der Waals surface area contributed by atoms with Crippen molar-refractivity contribution in [3.8, 4) is 0 Å². The summed E-state index contributed by atoms with van der Waals surface area (Å²) in [4.78, 5) is 56.0. The van der Waals surface area contributed by atoms with Gasteiger partial charge in [-0.2, -0.15) is 0 Å². The molecule has 0 aromatic heterocycles. The first-order chi connectivity index (χ1) is 17.5. The van der Waals surface area contributed by atoms with Crippen LogP contribution in [0.3, 0.4) is 0 Å². The second-order valence-corrected chi connectivity index (χ2v) is 12.9. The number of piperidine rings is 1. The number of Topliss-reactive ketones (excluding diaryl/α,β-unsaturated/α-hetero) is 2. The van der Waals surface area contributed by atoms with Gasteiger partial charge in [0.25, 0.3) is 0 Å². The van der Waals surface area contributed by atoms with Crippen molar-refractivity contribution in [1.29, 1.82) is 0 Å². The van der Waals surface area contributed by atoms with Gasteiger partial charge in [-0.1, -0.05) is 37.3 Å². The van der Waals surface area contributed by atoms with E-state index in [2.05, 4.69) is 18.5 Å². The predicted octanol–water partition coefficient (Wildman–Crippen LogP) is 3.22. The fourth-order valence-corrected chi connectivity index (χ4v) is 10.8. The molecule has 1 heterocycles. The third-order valence-corrected chi connectivity index (χ3v) is 11.2. The highest BCUT2D eigenvalue weighted by Crippen LogP contribution is 2.81. The number of ketones is 2. The Morgan fingerprint density at radius 1 is 1.11 bits per heavy atom. The standard InChI is InChI=1S/C30H33NO6/c1-15-11-29-12-19(33)24-28(3)14-31(4)25-22(29)23(34)18(15)10-21(29)30(24,25)13-20(36-16(2)32)26(28)37-27(35)17-8-6-5-7-9-17/h5-9,18,20-22,24-26H,1,10-14H2,2-4H3/t18-,20+,21+,22+,24+,25?,26+,28-,29?,30+/m0/s1. The summed E-state index contributed by atoms with van der Waals surface area (Å²) in [6.45, 7) is 8.15. The minimum Gasteiger partial charge on any atom is -0.459 e. The first-order valence-corrected chi connectivity index (χ1v) is 13.4. The van der Waals surface area contributed by atoms with E-state index in [1.165, 1.54) is 6.92 Å². The number of likely N-dealkylation sites (tertiary alicyclic amines) is 1. The predicted molar refractivity (Wildman–Crippen MR) is 132 cm³/mol. The van der Waals surface area contributed by atoms with E-state index in [4.69, 9.17) is 9.47 Å². The second kappa shape index (κ2) is 7.19. The first-order valence-electron chi connectivity index (χ1n) is 13.4. The lowest BCUT2D eigenvalue weighted by Crippen LogP contribution is -2.75. The van der Waals surface area contributed by atoms with Crippen LogP contribution in [0.4, 0.5) is 0 Å². The fraction of sp³-hybridized carbons (Fsp3) is 0.600. The number of rotatable bonds is 3. The number of hydrogen-bond donors (Lipinski definition) is 0. The van der Waals surface area contributed by atoms with Gasteiger partial charge in [0.15, 0.2) is 0 Å². The molecule has 1 aliphatic heterocycles. The SMILES string of the molecule is C=C1CC23CC(=O)[C@@H]4[C@]5(C)CN(C)C6[C@H]2C(=O)[C@H]1C[C@H]3[C@@]64C[C@@H](OC(C)=O)[C@H]5OC(=O)c1ccccc1. The summed E-state index contributed by atoms with van der Waals surface area (Å²) in [5.74, 6) is -1.03. The lowest BCUT2D eigenvalue weighted by atomic mass is 9.39. The number of carbonyl (C=O) groups excluding carboxylic acids is 4. The van der Waals surface area contributed by atoms with Gasteiger partial charge >= 0.3 is 11.9 Å². The summed E-state index contributed by atoms with van der Waals surface area (Å²) in [5, 5.41) is 0. The zero-order valence-corrected chi connectivity index (χ0v) is 21.6. The van der Waals surface area contributed by atoms with E-state index in [1.54, 1.807) is 24.3 Å². The molecule has 0 radical (unpaired) electrons. The molecule has 0 N–H and O–H groups in total. The molecular formula is C30H33NO6. The number of carbonyl (C=O) groups is 4. The Bertz CT molecular complexity index is 1270. The molecule has 2 spiro atoms. The van der Waals surface area contributed by atoms with Gasteiger partial charge in [0.1, 0.15) is 23.8 Å². The van der Waals surface area contributed by atoms with Gasteiger partial charge in [0.05, 0.1) is 5.56 Å². The van der Waals surface area contributed by atoms with E-state index < -0.39 is 40.4 Å². The van der Waals surface area contributed by atoms with Crippen LogP contribution in [0.15, 0.2) is 42.5 Å². The molecule has 7 heteroatoms. The van der Waals surface area contributed by atoms with Crippen LogP contribution >= 0.6 is 0 Å². The average Bonchev–Trinajstić information content (AvgIpc) is 2.92. The van der Waals surface area contributed by atoms with Crippen LogP contribution in [-0.4, -0.2) is 60.2 Å². The normalized spacial score (nSPS) is 47.1. The minimum absolute atomic E-state index is 0.0866. The maximum absolute atomic E-state index is 14.2. The zero-order chi connectivity index (χ0) is 26.1. The van der Waals surface area contributed by atoms with E-state index in [0.717, 1.165) is 18.4 Å².